The van der Waals surface area contributed by atoms with Gasteiger partial charge in [-0.05, 0) is 57.5 Å². The van der Waals surface area contributed by atoms with Crippen molar-refractivity contribution in [3.8, 4) is 0 Å². The minimum Gasteiger partial charge on any atom is -0.372 e. The Kier molecular flexibility index (Phi) is 6.87. The van der Waals surface area contributed by atoms with Crippen molar-refractivity contribution in [3.63, 3.8) is 0 Å². The molecular formula is C21H29N3O. The number of carbonyl (C=O) groups excluding carboxylic acids is 1. The Morgan fingerprint density at radius 2 is 1.56 bits per heavy atom. The van der Waals surface area contributed by atoms with Gasteiger partial charge in [-0.1, -0.05) is 30.3 Å². The van der Waals surface area contributed by atoms with Gasteiger partial charge < -0.3 is 15.1 Å². The van der Waals surface area contributed by atoms with Crippen LogP contribution in [0.2, 0.25) is 0 Å². The lowest BCUT2D eigenvalue weighted by atomic mass is 10.2. The predicted octanol–water partition coefficient (Wildman–Crippen LogP) is 4.98. The van der Waals surface area contributed by atoms with Crippen LogP contribution >= 0.6 is 0 Å². The van der Waals surface area contributed by atoms with Gasteiger partial charge in [0.2, 0.25) is 0 Å². The number of benzene rings is 2. The van der Waals surface area contributed by atoms with Crippen molar-refractivity contribution in [2.45, 2.75) is 40.3 Å². The van der Waals surface area contributed by atoms with Gasteiger partial charge in [-0.2, -0.15) is 0 Å². The molecule has 0 unspecified atom stereocenters. The summed E-state index contributed by atoms with van der Waals surface area (Å²) in [6.07, 6.45) is 0. The molecular weight excluding hydrogens is 310 g/mol. The molecule has 0 heterocycles. The molecule has 0 radical (unpaired) electrons. The summed E-state index contributed by atoms with van der Waals surface area (Å²) in [6.45, 7) is 10.9. The normalized spacial score (nSPS) is 10.6. The number of nitrogens with one attached hydrogen (secondary N) is 1. The third kappa shape index (κ3) is 5.24. The molecule has 1 N–H and O–H groups in total. The van der Waals surface area contributed by atoms with E-state index in [9.17, 15) is 4.79 Å². The number of hydrogen-bond donors (Lipinski definition) is 1. The van der Waals surface area contributed by atoms with E-state index in [1.165, 1.54) is 5.69 Å². The molecule has 25 heavy (non-hydrogen) atoms. The third-order valence-corrected chi connectivity index (χ3v) is 4.33. The van der Waals surface area contributed by atoms with E-state index in [1.54, 1.807) is 0 Å². The molecule has 0 atom stereocenters. The number of amides is 2. The Hall–Kier alpha value is -2.49. The van der Waals surface area contributed by atoms with Crippen molar-refractivity contribution in [1.82, 2.24) is 4.90 Å². The predicted molar refractivity (Wildman–Crippen MR) is 106 cm³/mol. The van der Waals surface area contributed by atoms with Crippen LogP contribution in [0, 0.1) is 0 Å². The fraction of sp³-hybridized carbons (Fsp3) is 0.381. The summed E-state index contributed by atoms with van der Waals surface area (Å²) in [4.78, 5) is 16.8. The molecule has 134 valence electrons. The van der Waals surface area contributed by atoms with Gasteiger partial charge in [-0.15, -0.1) is 0 Å². The molecule has 4 heteroatoms. The van der Waals surface area contributed by atoms with Gasteiger partial charge in [0.05, 0.1) is 0 Å². The number of carbonyl (C=O) groups is 1. The highest BCUT2D eigenvalue weighted by atomic mass is 16.2. The minimum absolute atomic E-state index is 0.0746. The van der Waals surface area contributed by atoms with Gasteiger partial charge in [-0.3, -0.25) is 0 Å². The van der Waals surface area contributed by atoms with Crippen LogP contribution in [0.3, 0.4) is 0 Å². The molecule has 0 bridgehead atoms. The number of hydrogen-bond acceptors (Lipinski definition) is 2. The highest BCUT2D eigenvalue weighted by Gasteiger charge is 2.17. The average molecular weight is 339 g/mol. The SMILES string of the molecule is CCN(CC)c1ccc(NC(=O)N(Cc2ccccc2)C(C)C)cc1. The molecule has 0 spiro atoms. The Bertz CT molecular complexity index is 649. The average Bonchev–Trinajstić information content (AvgIpc) is 2.62. The first-order chi connectivity index (χ1) is 12.0. The number of nitrogens with zero attached hydrogens (tertiary/aromatic N) is 2. The monoisotopic (exact) mass is 339 g/mol. The van der Waals surface area contributed by atoms with Crippen LogP contribution in [0.25, 0.3) is 0 Å². The van der Waals surface area contributed by atoms with Crippen molar-refractivity contribution in [1.29, 1.82) is 0 Å². The fourth-order valence-corrected chi connectivity index (χ4v) is 2.81. The molecule has 0 aromatic heterocycles. The maximum Gasteiger partial charge on any atom is 0.322 e. The van der Waals surface area contributed by atoms with E-state index in [0.29, 0.717) is 6.54 Å². The molecule has 0 aliphatic carbocycles. The lowest BCUT2D eigenvalue weighted by Gasteiger charge is -2.27. The Balaban J connectivity index is 2.05. The van der Waals surface area contributed by atoms with Gasteiger partial charge in [0, 0.05) is 37.1 Å². The molecule has 0 saturated heterocycles. The second-order valence-corrected chi connectivity index (χ2v) is 6.36. The van der Waals surface area contributed by atoms with E-state index in [-0.39, 0.29) is 12.1 Å². The Labute approximate surface area is 151 Å². The van der Waals surface area contributed by atoms with E-state index >= 15 is 0 Å². The largest absolute Gasteiger partial charge is 0.372 e. The van der Waals surface area contributed by atoms with Crippen LogP contribution in [-0.2, 0) is 6.54 Å². The summed E-state index contributed by atoms with van der Waals surface area (Å²) < 4.78 is 0. The Morgan fingerprint density at radius 1 is 0.960 bits per heavy atom. The topological polar surface area (TPSA) is 35.6 Å². The summed E-state index contributed by atoms with van der Waals surface area (Å²) in [5.74, 6) is 0. The van der Waals surface area contributed by atoms with Crippen molar-refractivity contribution >= 4 is 17.4 Å². The highest BCUT2D eigenvalue weighted by Crippen LogP contribution is 2.19. The summed E-state index contributed by atoms with van der Waals surface area (Å²) in [5, 5.41) is 3.01. The number of rotatable bonds is 7. The van der Waals surface area contributed by atoms with Crippen molar-refractivity contribution in [2.24, 2.45) is 0 Å². The van der Waals surface area contributed by atoms with E-state index in [4.69, 9.17) is 0 Å². The highest BCUT2D eigenvalue weighted by molar-refractivity contribution is 5.89. The molecule has 2 aromatic carbocycles. The molecule has 2 amide bonds. The zero-order chi connectivity index (χ0) is 18.2. The molecule has 0 saturated carbocycles. The lowest BCUT2D eigenvalue weighted by molar-refractivity contribution is 0.193. The second kappa shape index (κ2) is 9.11. The lowest BCUT2D eigenvalue weighted by Crippen LogP contribution is -2.39. The summed E-state index contributed by atoms with van der Waals surface area (Å²) in [7, 11) is 0. The van der Waals surface area contributed by atoms with E-state index in [2.05, 4.69) is 36.2 Å². The van der Waals surface area contributed by atoms with Crippen LogP contribution in [0.15, 0.2) is 54.6 Å². The van der Waals surface area contributed by atoms with Crippen molar-refractivity contribution in [3.05, 3.63) is 60.2 Å². The Morgan fingerprint density at radius 3 is 2.08 bits per heavy atom. The minimum atomic E-state index is -0.0746. The number of urea groups is 1. The summed E-state index contributed by atoms with van der Waals surface area (Å²) in [5.41, 5.74) is 3.12. The van der Waals surface area contributed by atoms with E-state index in [0.717, 1.165) is 24.3 Å². The van der Waals surface area contributed by atoms with E-state index in [1.807, 2.05) is 61.2 Å². The smallest absolute Gasteiger partial charge is 0.322 e. The van der Waals surface area contributed by atoms with Gasteiger partial charge in [-0.25, -0.2) is 4.79 Å². The van der Waals surface area contributed by atoms with E-state index < -0.39 is 0 Å². The molecule has 4 nitrogen and oxygen atoms in total. The second-order valence-electron chi connectivity index (χ2n) is 6.36. The summed E-state index contributed by atoms with van der Waals surface area (Å²) >= 11 is 0. The van der Waals surface area contributed by atoms with Crippen LogP contribution in [0.1, 0.15) is 33.3 Å². The van der Waals surface area contributed by atoms with Gasteiger partial charge >= 0.3 is 6.03 Å². The van der Waals surface area contributed by atoms with Crippen LogP contribution in [-0.4, -0.2) is 30.1 Å². The zero-order valence-corrected chi connectivity index (χ0v) is 15.7. The van der Waals surface area contributed by atoms with Crippen LogP contribution in [0.4, 0.5) is 16.2 Å². The fourth-order valence-electron chi connectivity index (χ4n) is 2.81. The third-order valence-electron chi connectivity index (χ3n) is 4.33. The molecule has 2 rings (SSSR count). The van der Waals surface area contributed by atoms with Crippen molar-refractivity contribution in [2.75, 3.05) is 23.3 Å². The zero-order valence-electron chi connectivity index (χ0n) is 15.7. The standard InChI is InChI=1S/C21H29N3O/c1-5-23(6-2)20-14-12-19(13-15-20)22-21(25)24(17(3)4)16-18-10-8-7-9-11-18/h7-15,17H,5-6,16H2,1-4H3,(H,22,25). The molecule has 2 aromatic rings. The first-order valence-corrected chi connectivity index (χ1v) is 9.01. The summed E-state index contributed by atoms with van der Waals surface area (Å²) in [6, 6.07) is 18.2. The maximum absolute atomic E-state index is 12.7. The van der Waals surface area contributed by atoms with Gasteiger partial charge in [0.15, 0.2) is 0 Å². The van der Waals surface area contributed by atoms with Gasteiger partial charge in [0.25, 0.3) is 0 Å². The van der Waals surface area contributed by atoms with Crippen molar-refractivity contribution < 1.29 is 4.79 Å². The van der Waals surface area contributed by atoms with Crippen LogP contribution < -0.4 is 10.2 Å². The molecule has 0 aliphatic heterocycles. The number of anilines is 2. The molecule has 0 aliphatic rings. The quantitative estimate of drug-likeness (QED) is 0.772. The van der Waals surface area contributed by atoms with Crippen LogP contribution in [0.5, 0.6) is 0 Å². The first kappa shape index (κ1) is 18.8. The maximum atomic E-state index is 12.7. The molecule has 0 fully saturated rings. The first-order valence-electron chi connectivity index (χ1n) is 9.01. The van der Waals surface area contributed by atoms with Gasteiger partial charge in [0.1, 0.15) is 0 Å².